The van der Waals surface area contributed by atoms with Gasteiger partial charge in [-0.25, -0.2) is 4.79 Å². The molecule has 0 aromatic carbocycles. The standard InChI is InChI=1S/C10H17N3O2/c1-4-15-9(14)10(3,11)7-13-6-5-8(2)12-13/h5-6H,4,7,11H2,1-3H3. The van der Waals surface area contributed by atoms with Crippen molar-refractivity contribution in [2.24, 2.45) is 5.73 Å². The van der Waals surface area contributed by atoms with Crippen molar-refractivity contribution in [3.8, 4) is 0 Å². The van der Waals surface area contributed by atoms with Crippen LogP contribution < -0.4 is 5.73 Å². The molecule has 1 heterocycles. The minimum atomic E-state index is -1.03. The average Bonchev–Trinajstić information content (AvgIpc) is 2.50. The molecule has 0 amide bonds. The van der Waals surface area contributed by atoms with Crippen LogP contribution in [0.4, 0.5) is 0 Å². The Morgan fingerprint density at radius 2 is 2.40 bits per heavy atom. The number of nitrogens with zero attached hydrogens (tertiary/aromatic N) is 2. The van der Waals surface area contributed by atoms with E-state index in [1.807, 2.05) is 13.0 Å². The highest BCUT2D eigenvalue weighted by atomic mass is 16.5. The molecule has 1 rings (SSSR count). The molecule has 0 saturated heterocycles. The molecule has 2 N–H and O–H groups in total. The number of esters is 1. The third-order valence-corrected chi connectivity index (χ3v) is 2.01. The van der Waals surface area contributed by atoms with Crippen molar-refractivity contribution >= 4 is 5.97 Å². The van der Waals surface area contributed by atoms with Crippen LogP contribution in [-0.2, 0) is 16.1 Å². The fraction of sp³-hybridized carbons (Fsp3) is 0.600. The van der Waals surface area contributed by atoms with Crippen LogP contribution in [0.15, 0.2) is 12.3 Å². The highest BCUT2D eigenvalue weighted by Gasteiger charge is 2.30. The van der Waals surface area contributed by atoms with E-state index in [4.69, 9.17) is 10.5 Å². The monoisotopic (exact) mass is 211 g/mol. The molecule has 0 aliphatic rings. The molecule has 5 heteroatoms. The Balaban J connectivity index is 2.67. The first-order chi connectivity index (χ1) is 6.95. The highest BCUT2D eigenvalue weighted by molar-refractivity contribution is 5.79. The fourth-order valence-electron chi connectivity index (χ4n) is 1.25. The van der Waals surface area contributed by atoms with Gasteiger partial charge in [0.2, 0.25) is 0 Å². The van der Waals surface area contributed by atoms with Gasteiger partial charge in [-0.1, -0.05) is 0 Å². The van der Waals surface area contributed by atoms with Crippen molar-refractivity contribution in [3.05, 3.63) is 18.0 Å². The molecule has 0 spiro atoms. The predicted molar refractivity (Wildman–Crippen MR) is 56.2 cm³/mol. The number of aromatic nitrogens is 2. The van der Waals surface area contributed by atoms with Gasteiger partial charge in [0.1, 0.15) is 5.54 Å². The lowest BCUT2D eigenvalue weighted by Crippen LogP contribution is -2.49. The van der Waals surface area contributed by atoms with Crippen molar-refractivity contribution < 1.29 is 9.53 Å². The zero-order valence-corrected chi connectivity index (χ0v) is 9.36. The number of hydrogen-bond donors (Lipinski definition) is 1. The molecule has 84 valence electrons. The van der Waals surface area contributed by atoms with E-state index in [1.54, 1.807) is 24.7 Å². The first-order valence-electron chi connectivity index (χ1n) is 4.92. The van der Waals surface area contributed by atoms with Crippen molar-refractivity contribution in [2.75, 3.05) is 6.61 Å². The van der Waals surface area contributed by atoms with E-state index in [1.165, 1.54) is 0 Å². The maximum atomic E-state index is 11.5. The predicted octanol–water partition coefficient (Wildman–Crippen LogP) is 0.472. The molecular formula is C10H17N3O2. The summed E-state index contributed by atoms with van der Waals surface area (Å²) in [6, 6.07) is 1.86. The molecule has 0 aliphatic carbocycles. The lowest BCUT2D eigenvalue weighted by molar-refractivity contribution is -0.149. The zero-order chi connectivity index (χ0) is 11.5. The van der Waals surface area contributed by atoms with Gasteiger partial charge >= 0.3 is 5.97 Å². The number of hydrogen-bond acceptors (Lipinski definition) is 4. The van der Waals surface area contributed by atoms with Gasteiger partial charge in [-0.15, -0.1) is 0 Å². The maximum Gasteiger partial charge on any atom is 0.327 e. The summed E-state index contributed by atoms with van der Waals surface area (Å²) in [5, 5.41) is 4.17. The van der Waals surface area contributed by atoms with Gasteiger partial charge in [-0.2, -0.15) is 5.10 Å². The Kier molecular flexibility index (Phi) is 3.47. The van der Waals surface area contributed by atoms with Crippen LogP contribution in [0.2, 0.25) is 0 Å². The second-order valence-electron chi connectivity index (χ2n) is 3.79. The van der Waals surface area contributed by atoms with Gasteiger partial charge in [0.25, 0.3) is 0 Å². The molecule has 15 heavy (non-hydrogen) atoms. The summed E-state index contributed by atoms with van der Waals surface area (Å²) in [5.41, 5.74) is 5.72. The summed E-state index contributed by atoms with van der Waals surface area (Å²) >= 11 is 0. The largest absolute Gasteiger partial charge is 0.465 e. The number of carbonyl (C=O) groups excluding carboxylic acids is 1. The summed E-state index contributed by atoms with van der Waals surface area (Å²) in [4.78, 5) is 11.5. The van der Waals surface area contributed by atoms with Crippen molar-refractivity contribution in [1.82, 2.24) is 9.78 Å². The maximum absolute atomic E-state index is 11.5. The summed E-state index contributed by atoms with van der Waals surface area (Å²) in [6.07, 6.45) is 1.79. The van der Waals surface area contributed by atoms with Crippen LogP contribution in [0.25, 0.3) is 0 Å². The molecule has 0 saturated carbocycles. The van der Waals surface area contributed by atoms with E-state index in [2.05, 4.69) is 5.10 Å². The smallest absolute Gasteiger partial charge is 0.327 e. The van der Waals surface area contributed by atoms with Crippen LogP contribution in [0.5, 0.6) is 0 Å². The van der Waals surface area contributed by atoms with E-state index in [-0.39, 0.29) is 0 Å². The van der Waals surface area contributed by atoms with Gasteiger partial charge in [0, 0.05) is 6.20 Å². The van der Waals surface area contributed by atoms with Crippen LogP contribution in [-0.4, -0.2) is 27.9 Å². The molecular weight excluding hydrogens is 194 g/mol. The first kappa shape index (κ1) is 11.7. The molecule has 0 bridgehead atoms. The molecule has 0 aliphatic heterocycles. The third-order valence-electron chi connectivity index (χ3n) is 2.01. The van der Waals surface area contributed by atoms with Gasteiger partial charge in [-0.3, -0.25) is 4.68 Å². The van der Waals surface area contributed by atoms with Gasteiger partial charge < -0.3 is 10.5 Å². The number of nitrogens with two attached hydrogens (primary N) is 1. The normalized spacial score (nSPS) is 14.7. The van der Waals surface area contributed by atoms with Gasteiger partial charge in [0.15, 0.2) is 0 Å². The summed E-state index contributed by atoms with van der Waals surface area (Å²) in [5.74, 6) is -0.404. The molecule has 5 nitrogen and oxygen atoms in total. The first-order valence-corrected chi connectivity index (χ1v) is 4.92. The Labute approximate surface area is 89.2 Å². The van der Waals surface area contributed by atoms with E-state index in [0.717, 1.165) is 5.69 Å². The van der Waals surface area contributed by atoms with Gasteiger partial charge in [-0.05, 0) is 26.8 Å². The number of aryl methyl sites for hydroxylation is 1. The van der Waals surface area contributed by atoms with Crippen LogP contribution in [0.3, 0.4) is 0 Å². The lowest BCUT2D eigenvalue weighted by atomic mass is 10.1. The molecule has 1 aromatic heterocycles. The molecule has 0 fully saturated rings. The van der Waals surface area contributed by atoms with E-state index < -0.39 is 11.5 Å². The number of carbonyl (C=O) groups is 1. The Hall–Kier alpha value is -1.36. The van der Waals surface area contributed by atoms with Crippen molar-refractivity contribution in [2.45, 2.75) is 32.9 Å². The van der Waals surface area contributed by atoms with Crippen LogP contribution in [0.1, 0.15) is 19.5 Å². The SMILES string of the molecule is CCOC(=O)C(C)(N)Cn1ccc(C)n1. The minimum Gasteiger partial charge on any atom is -0.465 e. The number of ether oxygens (including phenoxy) is 1. The summed E-state index contributed by atoms with van der Waals surface area (Å²) < 4.78 is 6.53. The van der Waals surface area contributed by atoms with E-state index in [9.17, 15) is 4.79 Å². The van der Waals surface area contributed by atoms with E-state index in [0.29, 0.717) is 13.2 Å². The lowest BCUT2D eigenvalue weighted by Gasteiger charge is -2.21. The quantitative estimate of drug-likeness (QED) is 0.735. The zero-order valence-electron chi connectivity index (χ0n) is 9.36. The van der Waals surface area contributed by atoms with Crippen molar-refractivity contribution in [3.63, 3.8) is 0 Å². The van der Waals surface area contributed by atoms with Crippen LogP contribution >= 0.6 is 0 Å². The highest BCUT2D eigenvalue weighted by Crippen LogP contribution is 2.06. The fourth-order valence-corrected chi connectivity index (χ4v) is 1.25. The second kappa shape index (κ2) is 4.44. The molecule has 1 aromatic rings. The van der Waals surface area contributed by atoms with Gasteiger partial charge in [0.05, 0.1) is 18.8 Å². The van der Waals surface area contributed by atoms with E-state index >= 15 is 0 Å². The molecule has 1 unspecified atom stereocenters. The summed E-state index contributed by atoms with van der Waals surface area (Å²) in [6.45, 7) is 5.94. The molecule has 0 radical (unpaired) electrons. The second-order valence-corrected chi connectivity index (χ2v) is 3.79. The average molecular weight is 211 g/mol. The minimum absolute atomic E-state index is 0.319. The Morgan fingerprint density at radius 1 is 1.73 bits per heavy atom. The third kappa shape index (κ3) is 3.06. The van der Waals surface area contributed by atoms with Crippen LogP contribution in [0, 0.1) is 6.92 Å². The Bertz CT molecular complexity index is 344. The van der Waals surface area contributed by atoms with Crippen molar-refractivity contribution in [1.29, 1.82) is 0 Å². The Morgan fingerprint density at radius 3 is 2.87 bits per heavy atom. The molecule has 1 atom stereocenters. The number of rotatable bonds is 4. The topological polar surface area (TPSA) is 70.1 Å². The summed E-state index contributed by atoms with van der Waals surface area (Å²) in [7, 11) is 0.